The number of rotatable bonds is 5. The maximum absolute atomic E-state index is 13.5. The van der Waals surface area contributed by atoms with Gasteiger partial charge in [-0.05, 0) is 35.9 Å². The molecule has 0 radical (unpaired) electrons. The predicted octanol–water partition coefficient (Wildman–Crippen LogP) is 2.52. The Kier molecular flexibility index (Phi) is 4.32. The molecule has 5 heteroatoms. The number of hydrogen-bond donors (Lipinski definition) is 3. The van der Waals surface area contributed by atoms with Crippen LogP contribution in [0.4, 0.5) is 4.39 Å². The SMILES string of the molecule is O=C(O)c1ccc(F)c(CNCc2ccc(O)cc2)c1. The third-order valence-electron chi connectivity index (χ3n) is 2.87. The van der Waals surface area contributed by atoms with Crippen LogP contribution < -0.4 is 5.32 Å². The van der Waals surface area contributed by atoms with E-state index in [9.17, 15) is 9.18 Å². The van der Waals surface area contributed by atoms with Crippen molar-refractivity contribution in [1.29, 1.82) is 0 Å². The number of carbonyl (C=O) groups is 1. The first-order chi connectivity index (χ1) is 9.56. The number of phenols is 1. The minimum Gasteiger partial charge on any atom is -0.508 e. The third-order valence-corrected chi connectivity index (χ3v) is 2.87. The lowest BCUT2D eigenvalue weighted by atomic mass is 10.1. The Bertz CT molecular complexity index is 611. The Balaban J connectivity index is 1.98. The van der Waals surface area contributed by atoms with Crippen LogP contribution in [0.5, 0.6) is 5.75 Å². The van der Waals surface area contributed by atoms with Gasteiger partial charge in [0, 0.05) is 18.7 Å². The summed E-state index contributed by atoms with van der Waals surface area (Å²) in [6.07, 6.45) is 0. The van der Waals surface area contributed by atoms with Gasteiger partial charge in [0.1, 0.15) is 11.6 Å². The van der Waals surface area contributed by atoms with Crippen LogP contribution in [0.25, 0.3) is 0 Å². The zero-order valence-corrected chi connectivity index (χ0v) is 10.6. The number of aromatic hydroxyl groups is 1. The summed E-state index contributed by atoms with van der Waals surface area (Å²) in [5, 5.41) is 21.0. The standard InChI is InChI=1S/C15H14FNO3/c16-14-6-3-11(15(19)20)7-12(14)9-17-8-10-1-4-13(18)5-2-10/h1-7,17-18H,8-9H2,(H,19,20). The molecular formula is C15H14FNO3. The van der Waals surface area contributed by atoms with Gasteiger partial charge in [-0.1, -0.05) is 12.1 Å². The quantitative estimate of drug-likeness (QED) is 0.784. The van der Waals surface area contributed by atoms with Gasteiger partial charge in [0.15, 0.2) is 0 Å². The maximum atomic E-state index is 13.5. The molecule has 0 fully saturated rings. The molecule has 104 valence electrons. The normalized spacial score (nSPS) is 10.4. The van der Waals surface area contributed by atoms with E-state index in [-0.39, 0.29) is 17.9 Å². The fourth-order valence-electron chi connectivity index (χ4n) is 1.80. The minimum atomic E-state index is -1.08. The van der Waals surface area contributed by atoms with Crippen LogP contribution in [-0.2, 0) is 13.1 Å². The molecule has 0 aliphatic carbocycles. The molecule has 0 aromatic heterocycles. The fraction of sp³-hybridized carbons (Fsp3) is 0.133. The van der Waals surface area contributed by atoms with Gasteiger partial charge in [0.05, 0.1) is 5.56 Å². The van der Waals surface area contributed by atoms with E-state index in [0.29, 0.717) is 12.1 Å². The van der Waals surface area contributed by atoms with Crippen LogP contribution in [0.3, 0.4) is 0 Å². The number of halogens is 1. The van der Waals surface area contributed by atoms with Crippen LogP contribution >= 0.6 is 0 Å². The van der Waals surface area contributed by atoms with Gasteiger partial charge in [0.2, 0.25) is 0 Å². The molecule has 0 spiro atoms. The van der Waals surface area contributed by atoms with Gasteiger partial charge >= 0.3 is 5.97 Å². The van der Waals surface area contributed by atoms with Crippen molar-refractivity contribution in [3.8, 4) is 5.75 Å². The number of benzene rings is 2. The second-order valence-corrected chi connectivity index (χ2v) is 4.38. The van der Waals surface area contributed by atoms with E-state index in [0.717, 1.165) is 11.6 Å². The van der Waals surface area contributed by atoms with E-state index in [2.05, 4.69) is 5.32 Å². The lowest BCUT2D eigenvalue weighted by molar-refractivity contribution is 0.0696. The Morgan fingerprint density at radius 1 is 1.10 bits per heavy atom. The topological polar surface area (TPSA) is 69.6 Å². The minimum absolute atomic E-state index is 0.0628. The van der Waals surface area contributed by atoms with Gasteiger partial charge in [-0.2, -0.15) is 0 Å². The van der Waals surface area contributed by atoms with Crippen molar-refractivity contribution >= 4 is 5.97 Å². The highest BCUT2D eigenvalue weighted by atomic mass is 19.1. The average molecular weight is 275 g/mol. The van der Waals surface area contributed by atoms with E-state index in [1.807, 2.05) is 0 Å². The van der Waals surface area contributed by atoms with Crippen molar-refractivity contribution in [1.82, 2.24) is 5.32 Å². The first-order valence-electron chi connectivity index (χ1n) is 6.06. The molecule has 2 aromatic carbocycles. The monoisotopic (exact) mass is 275 g/mol. The Hall–Kier alpha value is -2.40. The highest BCUT2D eigenvalue weighted by Crippen LogP contribution is 2.12. The molecule has 2 rings (SSSR count). The van der Waals surface area contributed by atoms with Crippen LogP contribution in [0.2, 0.25) is 0 Å². The van der Waals surface area contributed by atoms with Gasteiger partial charge in [-0.3, -0.25) is 0 Å². The van der Waals surface area contributed by atoms with Crippen molar-refractivity contribution in [2.45, 2.75) is 13.1 Å². The number of carboxylic acid groups (broad SMARTS) is 1. The number of nitrogens with one attached hydrogen (secondary N) is 1. The van der Waals surface area contributed by atoms with Gasteiger partial charge in [0.25, 0.3) is 0 Å². The largest absolute Gasteiger partial charge is 0.508 e. The molecule has 3 N–H and O–H groups in total. The third kappa shape index (κ3) is 3.55. The van der Waals surface area contributed by atoms with Crippen molar-refractivity contribution < 1.29 is 19.4 Å². The van der Waals surface area contributed by atoms with Crippen molar-refractivity contribution in [2.24, 2.45) is 0 Å². The maximum Gasteiger partial charge on any atom is 0.335 e. The lowest BCUT2D eigenvalue weighted by Crippen LogP contribution is -2.14. The molecule has 0 atom stereocenters. The summed E-state index contributed by atoms with van der Waals surface area (Å²) in [7, 11) is 0. The summed E-state index contributed by atoms with van der Waals surface area (Å²) in [5.41, 5.74) is 1.31. The summed E-state index contributed by atoms with van der Waals surface area (Å²) in [5.74, 6) is -1.33. The molecule has 20 heavy (non-hydrogen) atoms. The summed E-state index contributed by atoms with van der Waals surface area (Å²) >= 11 is 0. The molecule has 0 saturated heterocycles. The molecular weight excluding hydrogens is 261 g/mol. The molecule has 0 amide bonds. The molecule has 0 aliphatic rings. The molecule has 2 aromatic rings. The van der Waals surface area contributed by atoms with Crippen molar-refractivity contribution in [3.05, 3.63) is 65.0 Å². The summed E-state index contributed by atoms with van der Waals surface area (Å²) < 4.78 is 13.5. The second kappa shape index (κ2) is 6.16. The smallest absolute Gasteiger partial charge is 0.335 e. The van der Waals surface area contributed by atoms with Crippen LogP contribution in [0.15, 0.2) is 42.5 Å². The number of carboxylic acids is 1. The van der Waals surface area contributed by atoms with E-state index < -0.39 is 11.8 Å². The number of hydrogen-bond acceptors (Lipinski definition) is 3. The lowest BCUT2D eigenvalue weighted by Gasteiger charge is -2.07. The Labute approximate surface area is 115 Å². The predicted molar refractivity (Wildman–Crippen MR) is 72.0 cm³/mol. The molecule has 0 bridgehead atoms. The highest BCUT2D eigenvalue weighted by molar-refractivity contribution is 5.87. The number of phenolic OH excluding ortho intramolecular Hbond substituents is 1. The van der Waals surface area contributed by atoms with Gasteiger partial charge < -0.3 is 15.5 Å². The Morgan fingerprint density at radius 2 is 1.80 bits per heavy atom. The fourth-order valence-corrected chi connectivity index (χ4v) is 1.80. The molecule has 4 nitrogen and oxygen atoms in total. The van der Waals surface area contributed by atoms with E-state index in [1.54, 1.807) is 24.3 Å². The second-order valence-electron chi connectivity index (χ2n) is 4.38. The van der Waals surface area contributed by atoms with Crippen molar-refractivity contribution in [3.63, 3.8) is 0 Å². The van der Waals surface area contributed by atoms with Gasteiger partial charge in [-0.25, -0.2) is 9.18 Å². The number of aromatic carboxylic acids is 1. The molecule has 0 aliphatic heterocycles. The van der Waals surface area contributed by atoms with Crippen LogP contribution in [0.1, 0.15) is 21.5 Å². The zero-order chi connectivity index (χ0) is 14.5. The van der Waals surface area contributed by atoms with Crippen LogP contribution in [0, 0.1) is 5.82 Å². The highest BCUT2D eigenvalue weighted by Gasteiger charge is 2.08. The van der Waals surface area contributed by atoms with Crippen LogP contribution in [-0.4, -0.2) is 16.2 Å². The van der Waals surface area contributed by atoms with E-state index in [4.69, 9.17) is 10.2 Å². The molecule has 0 unspecified atom stereocenters. The van der Waals surface area contributed by atoms with Gasteiger partial charge in [-0.15, -0.1) is 0 Å². The zero-order valence-electron chi connectivity index (χ0n) is 10.6. The summed E-state index contributed by atoms with van der Waals surface area (Å²) in [6, 6.07) is 10.4. The van der Waals surface area contributed by atoms with E-state index in [1.165, 1.54) is 12.1 Å². The summed E-state index contributed by atoms with van der Waals surface area (Å²) in [6.45, 7) is 0.727. The average Bonchev–Trinajstić information content (AvgIpc) is 2.43. The first-order valence-corrected chi connectivity index (χ1v) is 6.06. The Morgan fingerprint density at radius 3 is 2.45 bits per heavy atom. The molecule has 0 heterocycles. The molecule has 0 saturated carbocycles. The first kappa shape index (κ1) is 14.0. The summed E-state index contributed by atoms with van der Waals surface area (Å²) in [4.78, 5) is 10.8. The van der Waals surface area contributed by atoms with E-state index >= 15 is 0 Å². The van der Waals surface area contributed by atoms with Crippen molar-refractivity contribution in [2.75, 3.05) is 0 Å².